The topological polar surface area (TPSA) is 29.3 Å². The number of benzene rings is 1. The smallest absolute Gasteiger partial charge is 0.129 e. The van der Waals surface area contributed by atoms with Crippen molar-refractivity contribution >= 4 is 5.69 Å². The second-order valence-corrected chi connectivity index (χ2v) is 4.37. The number of halogens is 1. The maximum atomic E-state index is 13.6. The third kappa shape index (κ3) is 2.19. The highest BCUT2D eigenvalue weighted by molar-refractivity contribution is 5.55. The molecule has 0 heterocycles. The Morgan fingerprint density at radius 2 is 2.19 bits per heavy atom. The van der Waals surface area contributed by atoms with Crippen LogP contribution in [0, 0.1) is 5.82 Å². The van der Waals surface area contributed by atoms with Crippen LogP contribution >= 0.6 is 0 Å². The Hall–Kier alpha value is -1.09. The van der Waals surface area contributed by atoms with Gasteiger partial charge in [0.1, 0.15) is 5.82 Å². The zero-order valence-electron chi connectivity index (χ0n) is 9.75. The van der Waals surface area contributed by atoms with E-state index in [0.29, 0.717) is 11.6 Å². The predicted octanol–water partition coefficient (Wildman–Crippen LogP) is 2.66. The van der Waals surface area contributed by atoms with E-state index >= 15 is 0 Å². The lowest BCUT2D eigenvalue weighted by Crippen LogP contribution is -2.28. The van der Waals surface area contributed by atoms with Gasteiger partial charge in [-0.05, 0) is 31.4 Å². The van der Waals surface area contributed by atoms with Crippen LogP contribution in [0.3, 0.4) is 0 Å². The molecule has 0 aromatic heterocycles. The first kappa shape index (κ1) is 11.4. The molecule has 1 aliphatic rings. The highest BCUT2D eigenvalue weighted by Gasteiger charge is 2.30. The maximum Gasteiger partial charge on any atom is 0.129 e. The van der Waals surface area contributed by atoms with Crippen molar-refractivity contribution in [2.45, 2.75) is 38.8 Å². The van der Waals surface area contributed by atoms with Crippen molar-refractivity contribution in [3.63, 3.8) is 0 Å². The zero-order valence-corrected chi connectivity index (χ0v) is 9.75. The summed E-state index contributed by atoms with van der Waals surface area (Å²) in [5.74, 6) is -0.179. The van der Waals surface area contributed by atoms with E-state index in [9.17, 15) is 4.39 Å². The minimum absolute atomic E-state index is 0.179. The van der Waals surface area contributed by atoms with Crippen molar-refractivity contribution in [3.05, 3.63) is 29.6 Å². The molecule has 3 heteroatoms. The van der Waals surface area contributed by atoms with Crippen molar-refractivity contribution in [2.75, 3.05) is 11.4 Å². The summed E-state index contributed by atoms with van der Waals surface area (Å²) in [5.41, 5.74) is 7.29. The summed E-state index contributed by atoms with van der Waals surface area (Å²) in [6, 6.07) is 5.85. The van der Waals surface area contributed by atoms with Crippen LogP contribution < -0.4 is 10.6 Å². The van der Waals surface area contributed by atoms with E-state index in [1.165, 1.54) is 18.9 Å². The molecule has 0 atom stereocenters. The molecular formula is C13H19FN2. The first-order valence-electron chi connectivity index (χ1n) is 6.02. The molecule has 2 rings (SSSR count). The molecule has 2 N–H and O–H groups in total. The quantitative estimate of drug-likeness (QED) is 0.830. The Morgan fingerprint density at radius 3 is 2.75 bits per heavy atom. The molecule has 0 aliphatic heterocycles. The molecule has 0 bridgehead atoms. The molecule has 1 saturated carbocycles. The van der Waals surface area contributed by atoms with Gasteiger partial charge in [0, 0.05) is 30.4 Å². The van der Waals surface area contributed by atoms with E-state index in [1.807, 2.05) is 6.07 Å². The lowest BCUT2D eigenvalue weighted by molar-refractivity contribution is 0.607. The Bertz CT molecular complexity index is 361. The fourth-order valence-corrected chi connectivity index (χ4v) is 2.15. The predicted molar refractivity (Wildman–Crippen MR) is 65.0 cm³/mol. The van der Waals surface area contributed by atoms with E-state index in [4.69, 9.17) is 5.73 Å². The highest BCUT2D eigenvalue weighted by Crippen LogP contribution is 2.34. The van der Waals surface area contributed by atoms with Crippen LogP contribution in [0.1, 0.15) is 31.7 Å². The van der Waals surface area contributed by atoms with Crippen molar-refractivity contribution in [3.8, 4) is 0 Å². The molecule has 0 unspecified atom stereocenters. The summed E-state index contributed by atoms with van der Waals surface area (Å²) in [6.45, 7) is 3.41. The third-order valence-electron chi connectivity index (χ3n) is 3.06. The van der Waals surface area contributed by atoms with Gasteiger partial charge in [0.2, 0.25) is 0 Å². The van der Waals surface area contributed by atoms with Gasteiger partial charge in [-0.15, -0.1) is 0 Å². The molecule has 1 aliphatic carbocycles. The zero-order chi connectivity index (χ0) is 11.5. The average Bonchev–Trinajstić information content (AvgIpc) is 3.09. The highest BCUT2D eigenvalue weighted by atomic mass is 19.1. The number of anilines is 1. The first-order valence-corrected chi connectivity index (χ1v) is 6.02. The van der Waals surface area contributed by atoms with Gasteiger partial charge in [-0.2, -0.15) is 0 Å². The second kappa shape index (κ2) is 4.83. The average molecular weight is 222 g/mol. The molecule has 0 spiro atoms. The van der Waals surface area contributed by atoms with Crippen molar-refractivity contribution in [2.24, 2.45) is 5.73 Å². The summed E-state index contributed by atoms with van der Waals surface area (Å²) >= 11 is 0. The third-order valence-corrected chi connectivity index (χ3v) is 3.06. The van der Waals surface area contributed by atoms with Crippen LogP contribution in [0.25, 0.3) is 0 Å². The standard InChI is InChI=1S/C13H19FN2/c1-2-8-16(10-6-7-10)13-5-3-4-12(14)11(13)9-15/h3-5,10H,2,6-9,15H2,1H3. The molecule has 0 radical (unpaired) electrons. The maximum absolute atomic E-state index is 13.6. The molecule has 1 aromatic rings. The lowest BCUT2D eigenvalue weighted by Gasteiger charge is -2.26. The molecule has 2 nitrogen and oxygen atoms in total. The van der Waals surface area contributed by atoms with E-state index < -0.39 is 0 Å². The SMILES string of the molecule is CCCN(c1cccc(F)c1CN)C1CC1. The fraction of sp³-hybridized carbons (Fsp3) is 0.538. The summed E-state index contributed by atoms with van der Waals surface area (Å²) in [7, 11) is 0. The van der Waals surface area contributed by atoms with E-state index in [2.05, 4.69) is 11.8 Å². The van der Waals surface area contributed by atoms with Gasteiger partial charge in [0.05, 0.1) is 0 Å². The van der Waals surface area contributed by atoms with Gasteiger partial charge < -0.3 is 10.6 Å². The number of rotatable bonds is 5. The Kier molecular flexibility index (Phi) is 3.44. The van der Waals surface area contributed by atoms with Gasteiger partial charge in [0.25, 0.3) is 0 Å². The first-order chi connectivity index (χ1) is 7.77. The summed E-state index contributed by atoms with van der Waals surface area (Å²) in [4.78, 5) is 2.31. The van der Waals surface area contributed by atoms with Gasteiger partial charge in [-0.25, -0.2) is 4.39 Å². The molecule has 16 heavy (non-hydrogen) atoms. The minimum atomic E-state index is -0.179. The second-order valence-electron chi connectivity index (χ2n) is 4.37. The van der Waals surface area contributed by atoms with Gasteiger partial charge in [0.15, 0.2) is 0 Å². The van der Waals surface area contributed by atoms with Gasteiger partial charge in [-0.3, -0.25) is 0 Å². The van der Waals surface area contributed by atoms with Crippen LogP contribution in [-0.2, 0) is 6.54 Å². The Labute approximate surface area is 96.2 Å². The minimum Gasteiger partial charge on any atom is -0.368 e. The number of hydrogen-bond donors (Lipinski definition) is 1. The van der Waals surface area contributed by atoms with Crippen LogP contribution in [-0.4, -0.2) is 12.6 Å². The summed E-state index contributed by atoms with van der Waals surface area (Å²) < 4.78 is 13.6. The molecule has 88 valence electrons. The van der Waals surface area contributed by atoms with Gasteiger partial charge >= 0.3 is 0 Å². The normalized spacial score (nSPS) is 15.2. The van der Waals surface area contributed by atoms with Gasteiger partial charge in [-0.1, -0.05) is 13.0 Å². The largest absolute Gasteiger partial charge is 0.368 e. The Balaban J connectivity index is 2.32. The number of hydrogen-bond acceptors (Lipinski definition) is 2. The summed E-state index contributed by atoms with van der Waals surface area (Å²) in [6.07, 6.45) is 3.53. The van der Waals surface area contributed by atoms with E-state index in [-0.39, 0.29) is 12.4 Å². The molecule has 1 aromatic carbocycles. The van der Waals surface area contributed by atoms with Crippen LogP contribution in [0.4, 0.5) is 10.1 Å². The van der Waals surface area contributed by atoms with Crippen LogP contribution in [0.15, 0.2) is 18.2 Å². The van der Waals surface area contributed by atoms with Crippen molar-refractivity contribution < 1.29 is 4.39 Å². The Morgan fingerprint density at radius 1 is 1.44 bits per heavy atom. The molecule has 0 saturated heterocycles. The summed E-state index contributed by atoms with van der Waals surface area (Å²) in [5, 5.41) is 0. The monoisotopic (exact) mass is 222 g/mol. The van der Waals surface area contributed by atoms with Crippen LogP contribution in [0.5, 0.6) is 0 Å². The molecule has 0 amide bonds. The van der Waals surface area contributed by atoms with E-state index in [1.54, 1.807) is 6.07 Å². The lowest BCUT2D eigenvalue weighted by atomic mass is 10.1. The van der Waals surface area contributed by atoms with E-state index in [0.717, 1.165) is 18.7 Å². The molecular weight excluding hydrogens is 203 g/mol. The molecule has 1 fully saturated rings. The fourth-order valence-electron chi connectivity index (χ4n) is 2.15. The number of nitrogens with two attached hydrogens (primary N) is 1. The van der Waals surface area contributed by atoms with Crippen LogP contribution in [0.2, 0.25) is 0 Å². The van der Waals surface area contributed by atoms with Crippen molar-refractivity contribution in [1.29, 1.82) is 0 Å². The number of nitrogens with zero attached hydrogens (tertiary/aromatic N) is 1. The van der Waals surface area contributed by atoms with Crippen molar-refractivity contribution in [1.82, 2.24) is 0 Å².